The number of ketones is 2. The summed E-state index contributed by atoms with van der Waals surface area (Å²) in [4.78, 5) is 35.1. The van der Waals surface area contributed by atoms with E-state index in [0.29, 0.717) is 28.0 Å². The standard InChI is InChI=1S/C19H16FNO6S.C19H18FNO4S/c1-19(2)18(22)16(11-4-7-13(8-5-11)21(23)24)17(27-19)12-6-9-15(14(20)10-12)28(3,25)26;1-19(2)18(22)16(11-4-7-13(21)8-5-11)17(25-19)12-6-9-15(14(20)10-12)26(3,23)24/h4-10H,1-3H3;4-10H,21H2,1-3H3. The lowest BCUT2D eigenvalue weighted by atomic mass is 9.92. The van der Waals surface area contributed by atoms with Crippen LogP contribution in [-0.2, 0) is 38.7 Å². The Kier molecular flexibility index (Phi) is 10.2. The molecule has 16 heteroatoms. The predicted octanol–water partition coefficient (Wildman–Crippen LogP) is 6.44. The quantitative estimate of drug-likeness (QED) is 0.123. The van der Waals surface area contributed by atoms with E-state index in [4.69, 9.17) is 15.2 Å². The Labute approximate surface area is 309 Å². The van der Waals surface area contributed by atoms with Gasteiger partial charge in [0.2, 0.25) is 11.6 Å². The molecule has 0 fully saturated rings. The van der Waals surface area contributed by atoms with Crippen LogP contribution in [-0.4, -0.2) is 57.0 Å². The number of anilines is 1. The minimum absolute atomic E-state index is 0.0859. The first-order valence-electron chi connectivity index (χ1n) is 16.0. The lowest BCUT2D eigenvalue weighted by Crippen LogP contribution is -2.29. The predicted molar refractivity (Wildman–Crippen MR) is 197 cm³/mol. The van der Waals surface area contributed by atoms with Crippen LogP contribution in [0.5, 0.6) is 0 Å². The molecule has 12 nitrogen and oxygen atoms in total. The zero-order valence-electron chi connectivity index (χ0n) is 29.8. The second-order valence-corrected chi connectivity index (χ2v) is 17.5. The second kappa shape index (κ2) is 13.9. The molecule has 0 amide bonds. The Hall–Kier alpha value is -5.74. The molecule has 0 radical (unpaired) electrons. The van der Waals surface area contributed by atoms with Crippen LogP contribution in [0.25, 0.3) is 22.7 Å². The third kappa shape index (κ3) is 7.79. The molecule has 2 aliphatic rings. The molecule has 2 heterocycles. The van der Waals surface area contributed by atoms with Crippen molar-refractivity contribution in [1.29, 1.82) is 0 Å². The summed E-state index contributed by atoms with van der Waals surface area (Å²) >= 11 is 0. The van der Waals surface area contributed by atoms with Crippen molar-refractivity contribution >= 4 is 65.3 Å². The highest BCUT2D eigenvalue weighted by molar-refractivity contribution is 7.91. The molecule has 0 saturated carbocycles. The van der Waals surface area contributed by atoms with Crippen molar-refractivity contribution in [3.05, 3.63) is 129 Å². The van der Waals surface area contributed by atoms with Gasteiger partial charge in [0.05, 0.1) is 16.1 Å². The number of hydrogen-bond donors (Lipinski definition) is 1. The van der Waals surface area contributed by atoms with E-state index in [1.54, 1.807) is 52.0 Å². The normalized spacial score (nSPS) is 16.4. The second-order valence-electron chi connectivity index (χ2n) is 13.6. The minimum Gasteiger partial charge on any atom is -0.478 e. The number of sulfone groups is 2. The van der Waals surface area contributed by atoms with Crippen molar-refractivity contribution in [1.82, 2.24) is 0 Å². The molecular weight excluding hydrogens is 747 g/mol. The summed E-state index contributed by atoms with van der Waals surface area (Å²) in [6.07, 6.45) is 1.83. The molecule has 0 aliphatic carbocycles. The molecule has 54 heavy (non-hydrogen) atoms. The maximum Gasteiger partial charge on any atom is 0.269 e. The summed E-state index contributed by atoms with van der Waals surface area (Å²) in [5.74, 6) is -2.17. The number of hydrogen-bond acceptors (Lipinski definition) is 11. The summed E-state index contributed by atoms with van der Waals surface area (Å²) in [7, 11) is -7.44. The van der Waals surface area contributed by atoms with Crippen LogP contribution in [0.1, 0.15) is 49.9 Å². The average Bonchev–Trinajstić information content (AvgIpc) is 3.46. The highest BCUT2D eigenvalue weighted by atomic mass is 32.2. The van der Waals surface area contributed by atoms with Crippen LogP contribution in [0.15, 0.2) is 94.7 Å². The van der Waals surface area contributed by atoms with Crippen molar-refractivity contribution in [2.45, 2.75) is 48.7 Å². The molecule has 0 saturated heterocycles. The number of carbonyl (C=O) groups excluding carboxylic acids is 2. The Morgan fingerprint density at radius 3 is 1.26 bits per heavy atom. The van der Waals surface area contributed by atoms with E-state index in [0.717, 1.165) is 30.7 Å². The zero-order valence-corrected chi connectivity index (χ0v) is 31.4. The number of benzene rings is 4. The summed E-state index contributed by atoms with van der Waals surface area (Å²) < 4.78 is 86.7. The Morgan fingerprint density at radius 1 is 0.611 bits per heavy atom. The fourth-order valence-electron chi connectivity index (χ4n) is 5.73. The maximum absolute atomic E-state index is 14.3. The highest BCUT2D eigenvalue weighted by Crippen LogP contribution is 2.43. The van der Waals surface area contributed by atoms with Crippen molar-refractivity contribution in [3.63, 3.8) is 0 Å². The minimum atomic E-state index is -3.75. The summed E-state index contributed by atoms with van der Waals surface area (Å²) in [5.41, 5.74) is 5.68. The van der Waals surface area contributed by atoms with Gasteiger partial charge in [-0.2, -0.15) is 0 Å². The monoisotopic (exact) mass is 780 g/mol. The van der Waals surface area contributed by atoms with Gasteiger partial charge in [0.1, 0.15) is 32.9 Å². The molecule has 4 aromatic rings. The van der Waals surface area contributed by atoms with Gasteiger partial charge in [-0.1, -0.05) is 12.1 Å². The molecule has 6 rings (SSSR count). The summed E-state index contributed by atoms with van der Waals surface area (Å²) in [6.45, 7) is 6.35. The molecule has 0 unspecified atom stereocenters. The molecular formula is C38H34F2N2O10S2. The van der Waals surface area contributed by atoms with Crippen molar-refractivity contribution in [2.24, 2.45) is 0 Å². The fraction of sp³-hybridized carbons (Fsp3) is 0.211. The van der Waals surface area contributed by atoms with Crippen molar-refractivity contribution in [3.8, 4) is 0 Å². The van der Waals surface area contributed by atoms with Crippen LogP contribution in [0.3, 0.4) is 0 Å². The molecule has 282 valence electrons. The van der Waals surface area contributed by atoms with Crippen LogP contribution < -0.4 is 5.73 Å². The maximum atomic E-state index is 14.3. The number of rotatable bonds is 7. The van der Waals surface area contributed by atoms with Crippen molar-refractivity contribution in [2.75, 3.05) is 18.2 Å². The molecule has 0 aromatic heterocycles. The smallest absolute Gasteiger partial charge is 0.269 e. The van der Waals surface area contributed by atoms with Gasteiger partial charge in [-0.25, -0.2) is 25.6 Å². The van der Waals surface area contributed by atoms with Crippen molar-refractivity contribution < 1.29 is 49.6 Å². The van der Waals surface area contributed by atoms with Gasteiger partial charge in [0, 0.05) is 41.5 Å². The number of ether oxygens (including phenoxy) is 2. The van der Waals surface area contributed by atoms with Gasteiger partial charge in [0.15, 0.2) is 30.9 Å². The zero-order chi connectivity index (χ0) is 40.1. The number of halogens is 2. The van der Waals surface area contributed by atoms with E-state index >= 15 is 0 Å². The third-order valence-corrected chi connectivity index (χ3v) is 10.7. The van der Waals surface area contributed by atoms with Gasteiger partial charge in [-0.05, 0) is 99.5 Å². The molecule has 0 bridgehead atoms. The first kappa shape index (κ1) is 39.5. The highest BCUT2D eigenvalue weighted by Gasteiger charge is 2.44. The van der Waals surface area contributed by atoms with Crippen LogP contribution in [0.2, 0.25) is 0 Å². The van der Waals surface area contributed by atoms with Gasteiger partial charge in [-0.15, -0.1) is 0 Å². The Bertz CT molecular complexity index is 2530. The molecule has 2 N–H and O–H groups in total. The largest absolute Gasteiger partial charge is 0.478 e. The Morgan fingerprint density at radius 2 is 0.944 bits per heavy atom. The first-order chi connectivity index (χ1) is 24.9. The topological polar surface area (TPSA) is 190 Å². The Balaban J connectivity index is 0.000000208. The van der Waals surface area contributed by atoms with E-state index in [-0.39, 0.29) is 39.9 Å². The summed E-state index contributed by atoms with van der Waals surface area (Å²) in [6, 6.07) is 19.2. The average molecular weight is 781 g/mol. The number of nitro benzene ring substituents is 1. The SMILES string of the molecule is CC1(C)OC(c2ccc(S(C)(=O)=O)c(F)c2)=C(c2ccc(N)cc2)C1=O.CC1(C)OC(c2ccc(S(C)(=O)=O)c(F)c2)=C(c2ccc([N+](=O)[O-])cc2)C1=O. The van der Waals surface area contributed by atoms with E-state index < -0.39 is 57.2 Å². The number of carbonyl (C=O) groups is 2. The van der Waals surface area contributed by atoms with E-state index in [1.807, 2.05) is 0 Å². The molecule has 4 aromatic carbocycles. The number of nitrogens with zero attached hydrogens (tertiary/aromatic N) is 1. The molecule has 2 aliphatic heterocycles. The lowest BCUT2D eigenvalue weighted by Gasteiger charge is -2.18. The molecule has 0 atom stereocenters. The number of Topliss-reactive ketones (excluding diaryl/α,β-unsaturated/α-hetero) is 2. The number of nitrogen functional groups attached to an aromatic ring is 1. The van der Waals surface area contributed by atoms with Crippen LogP contribution >= 0.6 is 0 Å². The van der Waals surface area contributed by atoms with E-state index in [2.05, 4.69) is 0 Å². The van der Waals surface area contributed by atoms with Gasteiger partial charge >= 0.3 is 0 Å². The van der Waals surface area contributed by atoms with Gasteiger partial charge < -0.3 is 15.2 Å². The molecule has 0 spiro atoms. The fourth-order valence-corrected chi connectivity index (χ4v) is 7.19. The van der Waals surface area contributed by atoms with Crippen LogP contribution in [0.4, 0.5) is 20.2 Å². The first-order valence-corrected chi connectivity index (χ1v) is 19.8. The van der Waals surface area contributed by atoms with Gasteiger partial charge in [0.25, 0.3) is 5.69 Å². The third-order valence-electron chi connectivity index (χ3n) is 8.47. The lowest BCUT2D eigenvalue weighted by molar-refractivity contribution is -0.384. The van der Waals surface area contributed by atoms with E-state index in [1.165, 1.54) is 42.5 Å². The number of nitrogens with two attached hydrogens (primary N) is 1. The van der Waals surface area contributed by atoms with E-state index in [9.17, 15) is 45.3 Å². The van der Waals surface area contributed by atoms with Crippen LogP contribution in [0, 0.1) is 21.7 Å². The number of non-ortho nitro benzene ring substituents is 1. The van der Waals surface area contributed by atoms with Gasteiger partial charge in [-0.3, -0.25) is 19.7 Å². The number of nitro groups is 1. The summed E-state index contributed by atoms with van der Waals surface area (Å²) in [5, 5.41) is 10.8.